The van der Waals surface area contributed by atoms with E-state index in [0.29, 0.717) is 12.1 Å². The molecule has 0 saturated carbocycles. The summed E-state index contributed by atoms with van der Waals surface area (Å²) in [4.78, 5) is 17.8. The first-order valence-electron chi connectivity index (χ1n) is 7.07. The van der Waals surface area contributed by atoms with E-state index in [4.69, 9.17) is 5.11 Å². The minimum Gasteiger partial charge on any atom is -0.395 e. The lowest BCUT2D eigenvalue weighted by Crippen LogP contribution is -2.38. The molecule has 0 aliphatic carbocycles. The first-order chi connectivity index (χ1) is 10.6. The van der Waals surface area contributed by atoms with Gasteiger partial charge in [0.1, 0.15) is 18.5 Å². The van der Waals surface area contributed by atoms with Crippen LogP contribution in [0, 0.1) is 11.7 Å². The first kappa shape index (κ1) is 16.1. The molecule has 0 aliphatic rings. The van der Waals surface area contributed by atoms with E-state index in [1.165, 1.54) is 23.6 Å². The topological polar surface area (TPSA) is 71.2 Å². The Kier molecular flexibility index (Phi) is 5.60. The van der Waals surface area contributed by atoms with Gasteiger partial charge in [0.25, 0.3) is 0 Å². The standard InChI is InChI=1S/C15H19FN4O2/c1-12(8-20-11-17-10-18-20)15(22)19(6-7-21)9-13-4-2-3-5-14(13)16/h2-5,10-12,21H,6-9H2,1H3. The second-order valence-corrected chi connectivity index (χ2v) is 5.09. The highest BCUT2D eigenvalue weighted by Gasteiger charge is 2.22. The molecule has 0 saturated heterocycles. The summed E-state index contributed by atoms with van der Waals surface area (Å²) in [6.07, 6.45) is 2.94. The van der Waals surface area contributed by atoms with Gasteiger partial charge in [-0.1, -0.05) is 25.1 Å². The van der Waals surface area contributed by atoms with Crippen molar-refractivity contribution in [3.8, 4) is 0 Å². The normalized spacial score (nSPS) is 12.1. The fourth-order valence-electron chi connectivity index (χ4n) is 2.22. The molecule has 1 atom stereocenters. The molecule has 1 aromatic carbocycles. The molecule has 7 heteroatoms. The number of hydrogen-bond acceptors (Lipinski definition) is 4. The lowest BCUT2D eigenvalue weighted by Gasteiger charge is -2.25. The number of aliphatic hydroxyl groups is 1. The van der Waals surface area contributed by atoms with Crippen molar-refractivity contribution in [2.75, 3.05) is 13.2 Å². The van der Waals surface area contributed by atoms with E-state index in [1.54, 1.807) is 29.8 Å². The van der Waals surface area contributed by atoms with Crippen molar-refractivity contribution in [3.63, 3.8) is 0 Å². The van der Waals surface area contributed by atoms with Crippen LogP contribution in [-0.2, 0) is 17.9 Å². The molecule has 1 unspecified atom stereocenters. The van der Waals surface area contributed by atoms with Crippen molar-refractivity contribution in [3.05, 3.63) is 48.3 Å². The zero-order valence-corrected chi connectivity index (χ0v) is 12.4. The molecule has 0 radical (unpaired) electrons. The number of hydrogen-bond donors (Lipinski definition) is 1. The van der Waals surface area contributed by atoms with Crippen molar-refractivity contribution in [2.24, 2.45) is 5.92 Å². The molecule has 0 spiro atoms. The molecule has 0 fully saturated rings. The Morgan fingerprint density at radius 3 is 2.86 bits per heavy atom. The largest absolute Gasteiger partial charge is 0.395 e. The van der Waals surface area contributed by atoms with Crippen molar-refractivity contribution in [2.45, 2.75) is 20.0 Å². The minimum absolute atomic E-state index is 0.133. The number of carbonyl (C=O) groups excluding carboxylic acids is 1. The monoisotopic (exact) mass is 306 g/mol. The summed E-state index contributed by atoms with van der Waals surface area (Å²) in [5, 5.41) is 13.1. The molecule has 1 amide bonds. The van der Waals surface area contributed by atoms with Crippen LogP contribution in [0.2, 0.25) is 0 Å². The fraction of sp³-hybridized carbons (Fsp3) is 0.400. The SMILES string of the molecule is CC(Cn1cncn1)C(=O)N(CCO)Cc1ccccc1F. The van der Waals surface area contributed by atoms with Gasteiger partial charge in [-0.25, -0.2) is 9.37 Å². The average molecular weight is 306 g/mol. The number of nitrogens with zero attached hydrogens (tertiary/aromatic N) is 4. The maximum absolute atomic E-state index is 13.7. The summed E-state index contributed by atoms with van der Waals surface area (Å²) in [5.74, 6) is -0.866. The number of benzene rings is 1. The van der Waals surface area contributed by atoms with Crippen LogP contribution < -0.4 is 0 Å². The van der Waals surface area contributed by atoms with Gasteiger partial charge in [-0.3, -0.25) is 9.48 Å². The number of halogens is 1. The van der Waals surface area contributed by atoms with Crippen LogP contribution >= 0.6 is 0 Å². The molecule has 1 N–H and O–H groups in total. The Morgan fingerprint density at radius 2 is 2.23 bits per heavy atom. The van der Waals surface area contributed by atoms with Crippen molar-refractivity contribution in [1.29, 1.82) is 0 Å². The first-order valence-corrected chi connectivity index (χ1v) is 7.07. The second kappa shape index (κ2) is 7.65. The minimum atomic E-state index is -0.359. The number of aromatic nitrogens is 3. The Morgan fingerprint density at radius 1 is 1.45 bits per heavy atom. The molecule has 118 valence electrons. The van der Waals surface area contributed by atoms with Gasteiger partial charge in [0.15, 0.2) is 0 Å². The number of carbonyl (C=O) groups is 1. The molecule has 22 heavy (non-hydrogen) atoms. The Labute approximate surface area is 128 Å². The highest BCUT2D eigenvalue weighted by Crippen LogP contribution is 2.13. The van der Waals surface area contributed by atoms with E-state index in [9.17, 15) is 9.18 Å². The van der Waals surface area contributed by atoms with E-state index < -0.39 is 0 Å². The molecule has 0 bridgehead atoms. The second-order valence-electron chi connectivity index (χ2n) is 5.09. The summed E-state index contributed by atoms with van der Waals surface area (Å²) >= 11 is 0. The molecule has 2 aromatic rings. The molecule has 1 aromatic heterocycles. The summed E-state index contributed by atoms with van der Waals surface area (Å²) < 4.78 is 15.3. The Balaban J connectivity index is 2.06. The summed E-state index contributed by atoms with van der Waals surface area (Å²) in [6, 6.07) is 6.31. The predicted octanol–water partition coefficient (Wildman–Crippen LogP) is 1.07. The van der Waals surface area contributed by atoms with E-state index in [-0.39, 0.29) is 37.3 Å². The van der Waals surface area contributed by atoms with Crippen LogP contribution in [0.25, 0.3) is 0 Å². The van der Waals surface area contributed by atoms with Gasteiger partial charge in [-0.2, -0.15) is 5.10 Å². The van der Waals surface area contributed by atoms with Gasteiger partial charge in [0, 0.05) is 18.7 Å². The molecule has 6 nitrogen and oxygen atoms in total. The van der Waals surface area contributed by atoms with Crippen LogP contribution in [0.3, 0.4) is 0 Å². The van der Waals surface area contributed by atoms with E-state index in [2.05, 4.69) is 10.1 Å². The van der Waals surface area contributed by atoms with Crippen LogP contribution in [-0.4, -0.2) is 43.8 Å². The highest BCUT2D eigenvalue weighted by atomic mass is 19.1. The summed E-state index contributed by atoms with van der Waals surface area (Å²) in [7, 11) is 0. The predicted molar refractivity (Wildman–Crippen MR) is 78.1 cm³/mol. The van der Waals surface area contributed by atoms with Gasteiger partial charge in [-0.15, -0.1) is 0 Å². The number of rotatable bonds is 7. The Hall–Kier alpha value is -2.28. The maximum Gasteiger partial charge on any atom is 0.227 e. The third-order valence-electron chi connectivity index (χ3n) is 3.35. The number of aliphatic hydroxyl groups excluding tert-OH is 1. The van der Waals surface area contributed by atoms with Gasteiger partial charge in [0.2, 0.25) is 5.91 Å². The van der Waals surface area contributed by atoms with Crippen LogP contribution in [0.5, 0.6) is 0 Å². The summed E-state index contributed by atoms with van der Waals surface area (Å²) in [6.45, 7) is 2.28. The molecule has 2 rings (SSSR count). The van der Waals surface area contributed by atoms with Crippen LogP contribution in [0.15, 0.2) is 36.9 Å². The van der Waals surface area contributed by atoms with Crippen molar-refractivity contribution in [1.82, 2.24) is 19.7 Å². The van der Waals surface area contributed by atoms with E-state index in [0.717, 1.165) is 0 Å². The molecule has 1 heterocycles. The van der Waals surface area contributed by atoms with Gasteiger partial charge >= 0.3 is 0 Å². The zero-order valence-electron chi connectivity index (χ0n) is 12.4. The quantitative estimate of drug-likeness (QED) is 0.831. The van der Waals surface area contributed by atoms with Crippen LogP contribution in [0.4, 0.5) is 4.39 Å². The van der Waals surface area contributed by atoms with Gasteiger partial charge in [0.05, 0.1) is 19.1 Å². The maximum atomic E-state index is 13.7. The smallest absolute Gasteiger partial charge is 0.227 e. The lowest BCUT2D eigenvalue weighted by molar-refractivity contribution is -0.136. The zero-order chi connectivity index (χ0) is 15.9. The van der Waals surface area contributed by atoms with Gasteiger partial charge < -0.3 is 10.0 Å². The summed E-state index contributed by atoms with van der Waals surface area (Å²) in [5.41, 5.74) is 0.428. The highest BCUT2D eigenvalue weighted by molar-refractivity contribution is 5.78. The average Bonchev–Trinajstić information content (AvgIpc) is 3.01. The lowest BCUT2D eigenvalue weighted by atomic mass is 10.1. The van der Waals surface area contributed by atoms with E-state index >= 15 is 0 Å². The van der Waals surface area contributed by atoms with Crippen LogP contribution in [0.1, 0.15) is 12.5 Å². The fourth-order valence-corrected chi connectivity index (χ4v) is 2.22. The molecular formula is C15H19FN4O2. The third-order valence-corrected chi connectivity index (χ3v) is 3.35. The van der Waals surface area contributed by atoms with Crippen molar-refractivity contribution < 1.29 is 14.3 Å². The van der Waals surface area contributed by atoms with Gasteiger partial charge in [-0.05, 0) is 6.07 Å². The third kappa shape index (κ3) is 4.11. The van der Waals surface area contributed by atoms with Crippen molar-refractivity contribution >= 4 is 5.91 Å². The molecule has 0 aliphatic heterocycles. The van der Waals surface area contributed by atoms with E-state index in [1.807, 2.05) is 0 Å². The molecular weight excluding hydrogens is 287 g/mol. The Bertz CT molecular complexity index is 603. The number of amides is 1.